The second-order valence-electron chi connectivity index (χ2n) is 6.24. The highest BCUT2D eigenvalue weighted by Gasteiger charge is 2.22. The molecule has 1 aromatic carbocycles. The van der Waals surface area contributed by atoms with Gasteiger partial charge in [0.25, 0.3) is 5.91 Å². The Kier molecular flexibility index (Phi) is 5.66. The Bertz CT molecular complexity index is 700. The van der Waals surface area contributed by atoms with E-state index in [2.05, 4.69) is 39.5 Å². The first kappa shape index (κ1) is 17.4. The summed E-state index contributed by atoms with van der Waals surface area (Å²) in [6.07, 6.45) is 1.74. The van der Waals surface area contributed by atoms with Crippen LogP contribution in [0.25, 0.3) is 0 Å². The molecule has 1 saturated heterocycles. The zero-order valence-corrected chi connectivity index (χ0v) is 15.0. The van der Waals surface area contributed by atoms with Crippen LogP contribution in [0.2, 0.25) is 0 Å². The fourth-order valence-electron chi connectivity index (χ4n) is 3.28. The number of aromatic nitrogens is 1. The van der Waals surface area contributed by atoms with Crippen LogP contribution in [0.1, 0.15) is 35.8 Å². The molecule has 1 fully saturated rings. The van der Waals surface area contributed by atoms with Crippen molar-refractivity contribution in [2.24, 2.45) is 0 Å². The number of piperazine rings is 1. The molecule has 132 valence electrons. The molecule has 5 nitrogen and oxygen atoms in total. The van der Waals surface area contributed by atoms with Gasteiger partial charge in [-0.2, -0.15) is 0 Å². The molecule has 1 aliphatic rings. The van der Waals surface area contributed by atoms with Crippen molar-refractivity contribution < 1.29 is 4.79 Å². The van der Waals surface area contributed by atoms with E-state index < -0.39 is 0 Å². The maximum absolute atomic E-state index is 12.6. The van der Waals surface area contributed by atoms with Crippen molar-refractivity contribution >= 4 is 11.7 Å². The van der Waals surface area contributed by atoms with Crippen molar-refractivity contribution in [1.82, 2.24) is 15.2 Å². The van der Waals surface area contributed by atoms with Gasteiger partial charge in [0.05, 0.1) is 0 Å². The van der Waals surface area contributed by atoms with E-state index in [9.17, 15) is 4.79 Å². The molecular formula is C20H26N4O. The van der Waals surface area contributed by atoms with Crippen LogP contribution in [0.15, 0.2) is 48.7 Å². The average Bonchev–Trinajstić information content (AvgIpc) is 2.70. The van der Waals surface area contributed by atoms with E-state index in [1.54, 1.807) is 12.3 Å². The number of carbonyl (C=O) groups is 1. The molecule has 1 aromatic heterocycles. The number of amides is 1. The normalized spacial score (nSPS) is 17.4. The standard InChI is InChI=1S/C20H26N4O/c1-3-23(4-2)20(25)17-10-11-22-19(14-17)24-13-12-21-18(15-24)16-8-6-5-7-9-16/h5-11,14,18,21H,3-4,12-13,15H2,1-2H3. The van der Waals surface area contributed by atoms with E-state index >= 15 is 0 Å². The van der Waals surface area contributed by atoms with Crippen molar-refractivity contribution in [2.45, 2.75) is 19.9 Å². The lowest BCUT2D eigenvalue weighted by atomic mass is 10.0. The lowest BCUT2D eigenvalue weighted by Gasteiger charge is -2.35. The SMILES string of the molecule is CCN(CC)C(=O)c1ccnc(N2CCNC(c3ccccc3)C2)c1. The topological polar surface area (TPSA) is 48.5 Å². The molecule has 0 bridgehead atoms. The summed E-state index contributed by atoms with van der Waals surface area (Å²) in [6, 6.07) is 14.5. The predicted molar refractivity (Wildman–Crippen MR) is 101 cm³/mol. The van der Waals surface area contributed by atoms with Gasteiger partial charge in [-0.3, -0.25) is 4.79 Å². The highest BCUT2D eigenvalue weighted by molar-refractivity contribution is 5.94. The van der Waals surface area contributed by atoms with Gasteiger partial charge in [0, 0.05) is 50.5 Å². The summed E-state index contributed by atoms with van der Waals surface area (Å²) in [5.74, 6) is 0.948. The largest absolute Gasteiger partial charge is 0.353 e. The summed E-state index contributed by atoms with van der Waals surface area (Å²) in [6.45, 7) is 8.08. The highest BCUT2D eigenvalue weighted by atomic mass is 16.2. The van der Waals surface area contributed by atoms with Gasteiger partial charge in [-0.25, -0.2) is 4.98 Å². The molecule has 5 heteroatoms. The Balaban J connectivity index is 1.77. The Morgan fingerprint density at radius 3 is 2.72 bits per heavy atom. The van der Waals surface area contributed by atoms with E-state index in [1.165, 1.54) is 5.56 Å². The Hall–Kier alpha value is -2.40. The van der Waals surface area contributed by atoms with Gasteiger partial charge >= 0.3 is 0 Å². The molecular weight excluding hydrogens is 312 g/mol. The molecule has 0 spiro atoms. The van der Waals surface area contributed by atoms with Crippen LogP contribution in [-0.2, 0) is 0 Å². The molecule has 3 rings (SSSR count). The van der Waals surface area contributed by atoms with Crippen molar-refractivity contribution in [3.05, 3.63) is 59.8 Å². The molecule has 0 radical (unpaired) electrons. The van der Waals surface area contributed by atoms with Gasteiger partial charge in [0.15, 0.2) is 0 Å². The van der Waals surface area contributed by atoms with Gasteiger partial charge in [-0.05, 0) is 31.5 Å². The van der Waals surface area contributed by atoms with Crippen LogP contribution >= 0.6 is 0 Å². The number of nitrogens with one attached hydrogen (secondary N) is 1. The lowest BCUT2D eigenvalue weighted by Crippen LogP contribution is -2.46. The summed E-state index contributed by atoms with van der Waals surface area (Å²) in [5, 5.41) is 3.56. The quantitative estimate of drug-likeness (QED) is 0.911. The fourth-order valence-corrected chi connectivity index (χ4v) is 3.28. The lowest BCUT2D eigenvalue weighted by molar-refractivity contribution is 0.0773. The second-order valence-corrected chi connectivity index (χ2v) is 6.24. The number of carbonyl (C=O) groups excluding carboxylic acids is 1. The number of rotatable bonds is 5. The average molecular weight is 338 g/mol. The first-order chi connectivity index (χ1) is 12.2. The number of hydrogen-bond acceptors (Lipinski definition) is 4. The van der Waals surface area contributed by atoms with Crippen molar-refractivity contribution in [1.29, 1.82) is 0 Å². The van der Waals surface area contributed by atoms with E-state index in [-0.39, 0.29) is 11.9 Å². The molecule has 2 heterocycles. The Morgan fingerprint density at radius 1 is 1.24 bits per heavy atom. The van der Waals surface area contributed by atoms with Gasteiger partial charge in [-0.1, -0.05) is 30.3 Å². The molecule has 2 aromatic rings. The second kappa shape index (κ2) is 8.12. The summed E-state index contributed by atoms with van der Waals surface area (Å²) in [4.78, 5) is 21.2. The smallest absolute Gasteiger partial charge is 0.254 e. The first-order valence-corrected chi connectivity index (χ1v) is 9.01. The maximum atomic E-state index is 12.6. The van der Waals surface area contributed by atoms with Crippen LogP contribution in [0, 0.1) is 0 Å². The van der Waals surface area contributed by atoms with Crippen LogP contribution in [0.4, 0.5) is 5.82 Å². The monoisotopic (exact) mass is 338 g/mol. The van der Waals surface area contributed by atoms with Crippen molar-refractivity contribution in [3.8, 4) is 0 Å². The van der Waals surface area contributed by atoms with Gasteiger partial charge in [0.2, 0.25) is 0 Å². The molecule has 1 N–H and O–H groups in total. The third-order valence-corrected chi connectivity index (χ3v) is 4.74. The first-order valence-electron chi connectivity index (χ1n) is 9.01. The fraction of sp³-hybridized carbons (Fsp3) is 0.400. The van der Waals surface area contributed by atoms with E-state index in [1.807, 2.05) is 30.9 Å². The zero-order valence-electron chi connectivity index (χ0n) is 15.0. The number of pyridine rings is 1. The summed E-state index contributed by atoms with van der Waals surface area (Å²) >= 11 is 0. The molecule has 1 unspecified atom stereocenters. The minimum Gasteiger partial charge on any atom is -0.353 e. The van der Waals surface area contributed by atoms with Crippen LogP contribution in [0.5, 0.6) is 0 Å². The molecule has 1 amide bonds. The summed E-state index contributed by atoms with van der Waals surface area (Å²) in [5.41, 5.74) is 1.99. The Labute approximate surface area is 149 Å². The predicted octanol–water partition coefficient (Wildman–Crippen LogP) is 2.71. The molecule has 0 saturated carbocycles. The minimum atomic E-state index is 0.0726. The minimum absolute atomic E-state index is 0.0726. The third kappa shape index (κ3) is 3.99. The van der Waals surface area contributed by atoms with Gasteiger partial charge in [-0.15, -0.1) is 0 Å². The number of hydrogen-bond donors (Lipinski definition) is 1. The van der Waals surface area contributed by atoms with Crippen molar-refractivity contribution in [2.75, 3.05) is 37.6 Å². The third-order valence-electron chi connectivity index (χ3n) is 4.74. The van der Waals surface area contributed by atoms with Crippen LogP contribution in [-0.4, -0.2) is 48.5 Å². The van der Waals surface area contributed by atoms with E-state index in [0.29, 0.717) is 5.56 Å². The summed E-state index contributed by atoms with van der Waals surface area (Å²) < 4.78 is 0. The van der Waals surface area contributed by atoms with Crippen molar-refractivity contribution in [3.63, 3.8) is 0 Å². The number of nitrogens with zero attached hydrogens (tertiary/aromatic N) is 3. The molecule has 1 atom stereocenters. The molecule has 25 heavy (non-hydrogen) atoms. The van der Waals surface area contributed by atoms with E-state index in [0.717, 1.165) is 38.5 Å². The Morgan fingerprint density at radius 2 is 2.00 bits per heavy atom. The zero-order chi connectivity index (χ0) is 17.6. The highest BCUT2D eigenvalue weighted by Crippen LogP contribution is 2.22. The van der Waals surface area contributed by atoms with Gasteiger partial charge < -0.3 is 15.1 Å². The number of anilines is 1. The van der Waals surface area contributed by atoms with Crippen LogP contribution < -0.4 is 10.2 Å². The molecule has 1 aliphatic heterocycles. The van der Waals surface area contributed by atoms with Crippen LogP contribution in [0.3, 0.4) is 0 Å². The summed E-state index contributed by atoms with van der Waals surface area (Å²) in [7, 11) is 0. The molecule has 0 aliphatic carbocycles. The van der Waals surface area contributed by atoms with Gasteiger partial charge in [0.1, 0.15) is 5.82 Å². The van der Waals surface area contributed by atoms with E-state index in [4.69, 9.17) is 0 Å². The maximum Gasteiger partial charge on any atom is 0.254 e. The number of benzene rings is 1.